The number of benzene rings is 1. The number of carbonyl (C=O) groups excluding carboxylic acids is 2. The highest BCUT2D eigenvalue weighted by atomic mass is 32.1. The standard InChI is InChI=1S/C8H5NO2S/c10-7-5-3-1-2-4-6(5)9(12)8(7)11/h1-4,12H. The molecule has 1 amide bonds. The molecule has 1 aliphatic heterocycles. The molecule has 0 spiro atoms. The predicted molar refractivity (Wildman–Crippen MR) is 47.2 cm³/mol. The van der Waals surface area contributed by atoms with Gasteiger partial charge in [0.25, 0.3) is 5.78 Å². The molecule has 0 aromatic heterocycles. The van der Waals surface area contributed by atoms with Crippen molar-refractivity contribution in [1.29, 1.82) is 0 Å². The SMILES string of the molecule is O=C1C(=O)N(S)c2ccccc21. The summed E-state index contributed by atoms with van der Waals surface area (Å²) in [6.07, 6.45) is 0. The number of rotatable bonds is 0. The summed E-state index contributed by atoms with van der Waals surface area (Å²) < 4.78 is 1.07. The van der Waals surface area contributed by atoms with E-state index in [2.05, 4.69) is 12.8 Å². The summed E-state index contributed by atoms with van der Waals surface area (Å²) in [6.45, 7) is 0. The van der Waals surface area contributed by atoms with Crippen LogP contribution >= 0.6 is 12.8 Å². The minimum atomic E-state index is -0.584. The molecule has 0 aliphatic carbocycles. The quantitative estimate of drug-likeness (QED) is 0.477. The van der Waals surface area contributed by atoms with Crippen LogP contribution in [0.4, 0.5) is 5.69 Å². The van der Waals surface area contributed by atoms with Crippen molar-refractivity contribution < 1.29 is 9.59 Å². The predicted octanol–water partition coefficient (Wildman–Crippen LogP) is 1.06. The van der Waals surface area contributed by atoms with Gasteiger partial charge in [0.1, 0.15) is 0 Å². The molecular formula is C8H5NO2S. The minimum absolute atomic E-state index is 0.428. The highest BCUT2D eigenvalue weighted by molar-refractivity contribution is 7.83. The fourth-order valence-corrected chi connectivity index (χ4v) is 1.44. The van der Waals surface area contributed by atoms with Gasteiger partial charge in [-0.05, 0) is 12.1 Å². The zero-order valence-electron chi connectivity index (χ0n) is 6.02. The van der Waals surface area contributed by atoms with E-state index in [1.54, 1.807) is 24.3 Å². The maximum Gasteiger partial charge on any atom is 0.309 e. The Bertz CT molecular complexity index is 375. The van der Waals surface area contributed by atoms with E-state index in [9.17, 15) is 9.59 Å². The fraction of sp³-hybridized carbons (Fsp3) is 0. The van der Waals surface area contributed by atoms with Gasteiger partial charge in [-0.25, -0.2) is 4.31 Å². The Labute approximate surface area is 74.5 Å². The number of hydrogen-bond acceptors (Lipinski definition) is 3. The molecule has 1 aromatic rings. The smallest absolute Gasteiger partial charge is 0.283 e. The van der Waals surface area contributed by atoms with Crippen LogP contribution in [0.3, 0.4) is 0 Å². The van der Waals surface area contributed by atoms with Crippen molar-refractivity contribution in [2.45, 2.75) is 0 Å². The maximum atomic E-state index is 11.2. The number of ketones is 1. The maximum absolute atomic E-state index is 11.2. The van der Waals surface area contributed by atoms with Crippen molar-refractivity contribution >= 4 is 30.2 Å². The van der Waals surface area contributed by atoms with Crippen LogP contribution in [0.5, 0.6) is 0 Å². The first kappa shape index (κ1) is 7.36. The molecule has 1 aromatic carbocycles. The van der Waals surface area contributed by atoms with Gasteiger partial charge in [-0.1, -0.05) is 24.9 Å². The molecule has 0 radical (unpaired) electrons. The second-order valence-corrected chi connectivity index (χ2v) is 2.86. The van der Waals surface area contributed by atoms with Crippen LogP contribution in [0.2, 0.25) is 0 Å². The topological polar surface area (TPSA) is 37.4 Å². The van der Waals surface area contributed by atoms with Gasteiger partial charge in [0, 0.05) is 0 Å². The lowest BCUT2D eigenvalue weighted by Gasteiger charge is -2.04. The Morgan fingerprint density at radius 2 is 1.83 bits per heavy atom. The molecule has 1 aliphatic rings. The number of fused-ring (bicyclic) bond motifs is 1. The fourth-order valence-electron chi connectivity index (χ4n) is 1.17. The summed E-state index contributed by atoms with van der Waals surface area (Å²) in [7, 11) is 0. The van der Waals surface area contributed by atoms with E-state index >= 15 is 0 Å². The number of para-hydroxylation sites is 1. The van der Waals surface area contributed by atoms with Crippen LogP contribution in [0.1, 0.15) is 10.4 Å². The highest BCUT2D eigenvalue weighted by Gasteiger charge is 2.33. The number of hydrogen-bond donors (Lipinski definition) is 1. The van der Waals surface area contributed by atoms with Gasteiger partial charge in [-0.2, -0.15) is 0 Å². The molecular weight excluding hydrogens is 174 g/mol. The van der Waals surface area contributed by atoms with Crippen molar-refractivity contribution in [3.8, 4) is 0 Å². The van der Waals surface area contributed by atoms with Crippen molar-refractivity contribution in [3.05, 3.63) is 29.8 Å². The first-order chi connectivity index (χ1) is 5.72. The molecule has 0 saturated heterocycles. The summed E-state index contributed by atoms with van der Waals surface area (Å²) in [5.41, 5.74) is 0.994. The molecule has 3 nitrogen and oxygen atoms in total. The van der Waals surface area contributed by atoms with Gasteiger partial charge in [-0.15, -0.1) is 0 Å². The lowest BCUT2D eigenvalue weighted by molar-refractivity contribution is -0.113. The molecule has 0 atom stereocenters. The monoisotopic (exact) mass is 179 g/mol. The second kappa shape index (κ2) is 2.35. The van der Waals surface area contributed by atoms with E-state index in [1.807, 2.05) is 0 Å². The van der Waals surface area contributed by atoms with Crippen molar-refractivity contribution in [1.82, 2.24) is 0 Å². The zero-order chi connectivity index (χ0) is 8.72. The van der Waals surface area contributed by atoms with E-state index in [0.29, 0.717) is 11.3 Å². The molecule has 12 heavy (non-hydrogen) atoms. The molecule has 0 saturated carbocycles. The normalized spacial score (nSPS) is 15.2. The van der Waals surface area contributed by atoms with Crippen LogP contribution in [-0.2, 0) is 4.79 Å². The first-order valence-corrected chi connectivity index (χ1v) is 3.78. The Balaban J connectivity index is 2.67. The summed E-state index contributed by atoms with van der Waals surface area (Å²) in [5.74, 6) is -1.07. The summed E-state index contributed by atoms with van der Waals surface area (Å²) in [4.78, 5) is 22.2. The molecule has 60 valence electrons. The number of amides is 1. The highest BCUT2D eigenvalue weighted by Crippen LogP contribution is 2.29. The molecule has 0 N–H and O–H groups in total. The van der Waals surface area contributed by atoms with Crippen LogP contribution < -0.4 is 4.31 Å². The second-order valence-electron chi connectivity index (χ2n) is 2.46. The number of anilines is 1. The Morgan fingerprint density at radius 1 is 1.17 bits per heavy atom. The van der Waals surface area contributed by atoms with Gasteiger partial charge in [0.2, 0.25) is 0 Å². The third-order valence-electron chi connectivity index (χ3n) is 1.76. The first-order valence-electron chi connectivity index (χ1n) is 3.38. The van der Waals surface area contributed by atoms with Gasteiger partial charge in [0.05, 0.1) is 11.3 Å². The molecule has 0 bridgehead atoms. The Kier molecular flexibility index (Phi) is 1.44. The Morgan fingerprint density at radius 3 is 2.50 bits per heavy atom. The average Bonchev–Trinajstić information content (AvgIpc) is 2.33. The number of nitrogens with zero attached hydrogens (tertiary/aromatic N) is 1. The van der Waals surface area contributed by atoms with Gasteiger partial charge >= 0.3 is 5.91 Å². The van der Waals surface area contributed by atoms with Crippen LogP contribution in [0.25, 0.3) is 0 Å². The van der Waals surface area contributed by atoms with Crippen molar-refractivity contribution in [3.63, 3.8) is 0 Å². The third kappa shape index (κ3) is 0.783. The Hall–Kier alpha value is -1.29. The van der Waals surface area contributed by atoms with Crippen molar-refractivity contribution in [2.24, 2.45) is 0 Å². The molecule has 2 rings (SSSR count). The minimum Gasteiger partial charge on any atom is -0.283 e. The number of thiol groups is 1. The van der Waals surface area contributed by atoms with E-state index in [0.717, 1.165) is 4.31 Å². The average molecular weight is 179 g/mol. The van der Waals surface area contributed by atoms with Gasteiger partial charge < -0.3 is 0 Å². The summed E-state index contributed by atoms with van der Waals surface area (Å²) in [5, 5.41) is 0. The van der Waals surface area contributed by atoms with E-state index in [4.69, 9.17) is 0 Å². The number of Topliss-reactive ketones (excluding diaryl/α,β-unsaturated/α-hetero) is 1. The lowest BCUT2D eigenvalue weighted by atomic mass is 10.1. The van der Waals surface area contributed by atoms with Crippen LogP contribution in [-0.4, -0.2) is 11.7 Å². The van der Waals surface area contributed by atoms with Crippen LogP contribution in [0, 0.1) is 0 Å². The van der Waals surface area contributed by atoms with Gasteiger partial charge in [-0.3, -0.25) is 9.59 Å². The van der Waals surface area contributed by atoms with Crippen LogP contribution in [0.15, 0.2) is 24.3 Å². The molecule has 4 heteroatoms. The zero-order valence-corrected chi connectivity index (χ0v) is 6.91. The number of carbonyl (C=O) groups is 2. The van der Waals surface area contributed by atoms with E-state index < -0.39 is 11.7 Å². The summed E-state index contributed by atoms with van der Waals surface area (Å²) >= 11 is 3.89. The van der Waals surface area contributed by atoms with Crippen molar-refractivity contribution in [2.75, 3.05) is 4.31 Å². The van der Waals surface area contributed by atoms with Gasteiger partial charge in [0.15, 0.2) is 0 Å². The summed E-state index contributed by atoms with van der Waals surface area (Å²) in [6, 6.07) is 6.78. The lowest BCUT2D eigenvalue weighted by Crippen LogP contribution is -2.19. The van der Waals surface area contributed by atoms with E-state index in [-0.39, 0.29) is 0 Å². The molecule has 1 heterocycles. The third-order valence-corrected chi connectivity index (χ3v) is 2.16. The molecule has 0 unspecified atom stereocenters. The largest absolute Gasteiger partial charge is 0.309 e. The van der Waals surface area contributed by atoms with E-state index in [1.165, 1.54) is 0 Å². The molecule has 0 fully saturated rings.